The number of nitrogens with zero attached hydrogens (tertiary/aromatic N) is 2. The van der Waals surface area contributed by atoms with Crippen molar-refractivity contribution in [3.63, 3.8) is 0 Å². The molecule has 0 spiro atoms. The number of carbonyl (C=O) groups excluding carboxylic acids is 1. The highest BCUT2D eigenvalue weighted by atomic mass is 16.2. The van der Waals surface area contributed by atoms with E-state index >= 15 is 0 Å². The third kappa shape index (κ3) is 1.82. The Morgan fingerprint density at radius 1 is 1.31 bits per heavy atom. The lowest BCUT2D eigenvalue weighted by atomic mass is 10.3. The Bertz CT molecular complexity index is 490. The van der Waals surface area contributed by atoms with E-state index in [9.17, 15) is 4.79 Å². The highest BCUT2D eigenvalue weighted by Gasteiger charge is 2.20. The molecule has 16 heavy (non-hydrogen) atoms. The summed E-state index contributed by atoms with van der Waals surface area (Å²) in [5.74, 6) is 0.813. The van der Waals surface area contributed by atoms with E-state index in [1.807, 2.05) is 37.3 Å². The zero-order valence-corrected chi connectivity index (χ0v) is 9.34. The first kappa shape index (κ1) is 10.4. The van der Waals surface area contributed by atoms with Gasteiger partial charge in [-0.15, -0.1) is 4.57 Å². The van der Waals surface area contributed by atoms with Crippen LogP contribution < -0.4 is 9.88 Å². The minimum absolute atomic E-state index is 0.0787. The van der Waals surface area contributed by atoms with Crippen LogP contribution in [0.4, 0.5) is 10.5 Å². The number of amides is 1. The summed E-state index contributed by atoms with van der Waals surface area (Å²) in [5.41, 5.74) is 0.876. The van der Waals surface area contributed by atoms with Gasteiger partial charge >= 0.3 is 6.03 Å². The van der Waals surface area contributed by atoms with Gasteiger partial charge in [-0.25, -0.2) is 9.78 Å². The molecule has 1 amide bonds. The van der Waals surface area contributed by atoms with Crippen molar-refractivity contribution in [3.8, 4) is 0 Å². The quantitative estimate of drug-likeness (QED) is 0.715. The number of H-pyrrole nitrogens is 1. The molecule has 0 fully saturated rings. The lowest BCUT2D eigenvalue weighted by molar-refractivity contribution is -0.386. The Hall–Kier alpha value is -2.10. The van der Waals surface area contributed by atoms with Gasteiger partial charge in [0.15, 0.2) is 0 Å². The number of rotatable bonds is 1. The number of hydrogen-bond donors (Lipinski definition) is 0. The summed E-state index contributed by atoms with van der Waals surface area (Å²) < 4.78 is 1.58. The first-order valence-corrected chi connectivity index (χ1v) is 5.09. The first-order valence-electron chi connectivity index (χ1n) is 5.09. The number of hydrogen-bond acceptors (Lipinski definition) is 1. The molecule has 2 rings (SSSR count). The molecule has 2 aromatic rings. The van der Waals surface area contributed by atoms with Gasteiger partial charge in [-0.2, -0.15) is 0 Å². The summed E-state index contributed by atoms with van der Waals surface area (Å²) in [6.45, 7) is 1.86. The predicted octanol–water partition coefficient (Wildman–Crippen LogP) is 1.72. The van der Waals surface area contributed by atoms with Crippen LogP contribution in [-0.2, 0) is 0 Å². The molecule has 1 aromatic carbocycles. The van der Waals surface area contributed by atoms with Gasteiger partial charge in [0.2, 0.25) is 0 Å². The number of anilines is 1. The van der Waals surface area contributed by atoms with E-state index in [-0.39, 0.29) is 6.03 Å². The monoisotopic (exact) mass is 216 g/mol. The Kier molecular flexibility index (Phi) is 2.72. The van der Waals surface area contributed by atoms with Crippen LogP contribution in [-0.4, -0.2) is 17.6 Å². The van der Waals surface area contributed by atoms with Crippen LogP contribution in [0.5, 0.6) is 0 Å². The van der Waals surface area contributed by atoms with E-state index in [4.69, 9.17) is 0 Å². The normalized spacial score (nSPS) is 10.1. The summed E-state index contributed by atoms with van der Waals surface area (Å²) in [7, 11) is 1.76. The third-order valence-corrected chi connectivity index (χ3v) is 2.51. The molecule has 82 valence electrons. The van der Waals surface area contributed by atoms with E-state index in [2.05, 4.69) is 4.98 Å². The second kappa shape index (κ2) is 4.18. The fourth-order valence-electron chi connectivity index (χ4n) is 1.54. The van der Waals surface area contributed by atoms with Crippen molar-refractivity contribution in [1.29, 1.82) is 0 Å². The molecule has 1 aromatic heterocycles. The molecular formula is C12H14N3O+. The Morgan fingerprint density at radius 2 is 2.00 bits per heavy atom. The Labute approximate surface area is 94.1 Å². The van der Waals surface area contributed by atoms with Gasteiger partial charge in [0.05, 0.1) is 0 Å². The molecular weight excluding hydrogens is 202 g/mol. The SMILES string of the molecule is Cc1[nH+]ccn1C(=O)N(C)c1ccccc1. The predicted molar refractivity (Wildman–Crippen MR) is 61.4 cm³/mol. The zero-order chi connectivity index (χ0) is 11.5. The van der Waals surface area contributed by atoms with Crippen LogP contribution in [0, 0.1) is 6.92 Å². The third-order valence-electron chi connectivity index (χ3n) is 2.51. The molecule has 1 heterocycles. The Balaban J connectivity index is 2.27. The van der Waals surface area contributed by atoms with Crippen molar-refractivity contribution in [2.45, 2.75) is 6.92 Å². The maximum absolute atomic E-state index is 12.1. The zero-order valence-electron chi connectivity index (χ0n) is 9.34. The molecule has 0 radical (unpaired) electrons. The molecule has 0 aliphatic rings. The number of aromatic amines is 1. The summed E-state index contributed by atoms with van der Waals surface area (Å²) in [6.07, 6.45) is 3.46. The van der Waals surface area contributed by atoms with Gasteiger partial charge < -0.3 is 0 Å². The molecule has 4 heteroatoms. The number of aryl methyl sites for hydroxylation is 1. The number of aromatic nitrogens is 2. The van der Waals surface area contributed by atoms with E-state index in [0.29, 0.717) is 0 Å². The fourth-order valence-corrected chi connectivity index (χ4v) is 1.54. The Morgan fingerprint density at radius 3 is 2.56 bits per heavy atom. The molecule has 0 saturated carbocycles. The lowest BCUT2D eigenvalue weighted by Gasteiger charge is -2.14. The van der Waals surface area contributed by atoms with Crippen LogP contribution in [0.25, 0.3) is 0 Å². The summed E-state index contributed by atoms with van der Waals surface area (Å²) in [5, 5.41) is 0. The topological polar surface area (TPSA) is 39.4 Å². The smallest absolute Gasteiger partial charge is 0.277 e. The number of benzene rings is 1. The average molecular weight is 216 g/mol. The van der Waals surface area contributed by atoms with Gasteiger partial charge in [-0.05, 0) is 12.1 Å². The van der Waals surface area contributed by atoms with Crippen molar-refractivity contribution < 1.29 is 9.78 Å². The second-order valence-corrected chi connectivity index (χ2v) is 3.59. The summed E-state index contributed by atoms with van der Waals surface area (Å²) in [4.78, 5) is 16.7. The van der Waals surface area contributed by atoms with Gasteiger partial charge in [0.1, 0.15) is 12.4 Å². The molecule has 4 nitrogen and oxygen atoms in total. The second-order valence-electron chi connectivity index (χ2n) is 3.59. The van der Waals surface area contributed by atoms with Crippen LogP contribution in [0.1, 0.15) is 5.82 Å². The van der Waals surface area contributed by atoms with Crippen molar-refractivity contribution in [1.82, 2.24) is 4.57 Å². The molecule has 0 aliphatic carbocycles. The number of imidazole rings is 1. The van der Waals surface area contributed by atoms with Gasteiger partial charge in [-0.1, -0.05) is 18.2 Å². The minimum atomic E-state index is -0.0787. The highest BCUT2D eigenvalue weighted by Crippen LogP contribution is 2.12. The van der Waals surface area contributed by atoms with Crippen LogP contribution in [0.2, 0.25) is 0 Å². The van der Waals surface area contributed by atoms with Crippen molar-refractivity contribution in [3.05, 3.63) is 48.5 Å². The highest BCUT2D eigenvalue weighted by molar-refractivity contribution is 5.93. The molecule has 0 atom stereocenters. The van der Waals surface area contributed by atoms with Gasteiger partial charge in [0, 0.05) is 19.7 Å². The number of carbonyl (C=O) groups is 1. The van der Waals surface area contributed by atoms with Gasteiger partial charge in [0.25, 0.3) is 5.82 Å². The summed E-state index contributed by atoms with van der Waals surface area (Å²) >= 11 is 0. The van der Waals surface area contributed by atoms with E-state index < -0.39 is 0 Å². The lowest BCUT2D eigenvalue weighted by Crippen LogP contribution is -2.31. The van der Waals surface area contributed by atoms with Crippen LogP contribution >= 0.6 is 0 Å². The maximum atomic E-state index is 12.1. The van der Waals surface area contributed by atoms with E-state index in [1.165, 1.54) is 0 Å². The van der Waals surface area contributed by atoms with Crippen molar-refractivity contribution >= 4 is 11.7 Å². The van der Waals surface area contributed by atoms with Crippen molar-refractivity contribution in [2.75, 3.05) is 11.9 Å². The standard InChI is InChI=1S/C12H13N3O/c1-10-13-8-9-15(10)12(16)14(2)11-6-4-3-5-7-11/h3-9H,1-2H3/p+1. The molecule has 0 aliphatic heterocycles. The van der Waals surface area contributed by atoms with Gasteiger partial charge in [-0.3, -0.25) is 4.90 Å². The van der Waals surface area contributed by atoms with Crippen molar-refractivity contribution in [2.24, 2.45) is 0 Å². The molecule has 0 unspecified atom stereocenters. The molecule has 0 bridgehead atoms. The fraction of sp³-hybridized carbons (Fsp3) is 0.167. The molecule has 1 N–H and O–H groups in total. The maximum Gasteiger partial charge on any atom is 0.420 e. The van der Waals surface area contributed by atoms with E-state index in [1.54, 1.807) is 28.9 Å². The number of nitrogens with one attached hydrogen (secondary N) is 1. The largest absolute Gasteiger partial charge is 0.420 e. The van der Waals surface area contributed by atoms with Crippen LogP contribution in [0.15, 0.2) is 42.7 Å². The van der Waals surface area contributed by atoms with E-state index in [0.717, 1.165) is 11.5 Å². The average Bonchev–Trinajstić information content (AvgIpc) is 2.75. The number of para-hydroxylation sites is 1. The minimum Gasteiger partial charge on any atom is -0.277 e. The first-order chi connectivity index (χ1) is 7.70. The molecule has 0 saturated heterocycles. The summed E-state index contributed by atoms with van der Waals surface area (Å²) in [6, 6.07) is 9.48. The van der Waals surface area contributed by atoms with Crippen LogP contribution in [0.3, 0.4) is 0 Å².